The number of hydrogen-bond acceptors (Lipinski definition) is 4. The predicted molar refractivity (Wildman–Crippen MR) is 139 cm³/mol. The Morgan fingerprint density at radius 2 is 1.68 bits per heavy atom. The van der Waals surface area contributed by atoms with E-state index in [-0.39, 0.29) is 40.7 Å². The van der Waals surface area contributed by atoms with Gasteiger partial charge in [-0.3, -0.25) is 9.59 Å². The first-order chi connectivity index (χ1) is 15.6. The maximum absolute atomic E-state index is 12.7. The molecule has 4 heteroatoms. The highest BCUT2D eigenvalue weighted by atomic mass is 16.6. The van der Waals surface area contributed by atoms with Crippen LogP contribution in [-0.4, -0.2) is 23.6 Å². The molecular weight excluding hydrogens is 424 g/mol. The van der Waals surface area contributed by atoms with Gasteiger partial charge in [-0.05, 0) is 68.3 Å². The summed E-state index contributed by atoms with van der Waals surface area (Å²) in [4.78, 5) is 25.1. The molecule has 4 atom stereocenters. The van der Waals surface area contributed by atoms with Crippen LogP contribution in [0.1, 0.15) is 114 Å². The van der Waals surface area contributed by atoms with E-state index >= 15 is 0 Å². The molecule has 0 aromatic carbocycles. The Labute approximate surface area is 208 Å². The highest BCUT2D eigenvalue weighted by Gasteiger charge is 2.55. The molecule has 0 unspecified atom stereocenters. The van der Waals surface area contributed by atoms with Crippen LogP contribution in [0.15, 0.2) is 23.8 Å². The van der Waals surface area contributed by atoms with E-state index in [2.05, 4.69) is 48.1 Å². The Morgan fingerprint density at radius 1 is 1.09 bits per heavy atom. The molecule has 0 heterocycles. The molecule has 0 N–H and O–H groups in total. The number of carbonyl (C=O) groups excluding carboxylic acids is 2. The highest BCUT2D eigenvalue weighted by Crippen LogP contribution is 2.61. The normalized spacial score (nSPS) is 28.3. The Hall–Kier alpha value is -1.58. The molecule has 0 spiro atoms. The average Bonchev–Trinajstić information content (AvgIpc) is 2.64. The zero-order chi connectivity index (χ0) is 25.9. The first-order valence-corrected chi connectivity index (χ1v) is 13.4. The minimum atomic E-state index is -0.685. The quantitative estimate of drug-likeness (QED) is 0.239. The van der Waals surface area contributed by atoms with Crippen LogP contribution >= 0.6 is 0 Å². The third-order valence-electron chi connectivity index (χ3n) is 8.21. The van der Waals surface area contributed by atoms with Crippen molar-refractivity contribution in [1.82, 2.24) is 0 Å². The number of rotatable bonds is 10. The van der Waals surface area contributed by atoms with Crippen LogP contribution in [0.2, 0.25) is 0 Å². The second kappa shape index (κ2) is 11.0. The lowest BCUT2D eigenvalue weighted by Crippen LogP contribution is -2.53. The van der Waals surface area contributed by atoms with Gasteiger partial charge in [0.2, 0.25) is 0 Å². The van der Waals surface area contributed by atoms with Crippen LogP contribution in [0.5, 0.6) is 0 Å². The summed E-state index contributed by atoms with van der Waals surface area (Å²) in [6.45, 7) is 23.4. The van der Waals surface area contributed by atoms with Gasteiger partial charge in [0.1, 0.15) is 11.7 Å². The monoisotopic (exact) mass is 474 g/mol. The maximum atomic E-state index is 12.7. The Balaban J connectivity index is 2.31. The molecule has 0 radical (unpaired) electrons. The number of esters is 2. The molecule has 2 aliphatic carbocycles. The van der Waals surface area contributed by atoms with Crippen molar-refractivity contribution < 1.29 is 19.1 Å². The van der Waals surface area contributed by atoms with E-state index in [0.29, 0.717) is 25.2 Å². The van der Waals surface area contributed by atoms with Crippen LogP contribution < -0.4 is 0 Å². The number of fused-ring (bicyclic) bond motifs is 1. The van der Waals surface area contributed by atoms with Gasteiger partial charge in [-0.2, -0.15) is 0 Å². The van der Waals surface area contributed by atoms with Crippen molar-refractivity contribution in [2.24, 2.45) is 28.6 Å². The summed E-state index contributed by atoms with van der Waals surface area (Å²) in [6, 6.07) is 0. The first kappa shape index (κ1) is 28.7. The lowest BCUT2D eigenvalue weighted by Gasteiger charge is -2.57. The lowest BCUT2D eigenvalue weighted by atomic mass is 9.49. The zero-order valence-electron chi connectivity index (χ0n) is 23.4. The van der Waals surface area contributed by atoms with Gasteiger partial charge in [-0.15, -0.1) is 0 Å². The van der Waals surface area contributed by atoms with Crippen molar-refractivity contribution in [3.8, 4) is 0 Å². The fraction of sp³-hybridized carbons (Fsp3) is 0.800. The topological polar surface area (TPSA) is 52.6 Å². The Kier molecular flexibility index (Phi) is 9.27. The van der Waals surface area contributed by atoms with Gasteiger partial charge in [0, 0.05) is 25.2 Å². The predicted octanol–water partition coefficient (Wildman–Crippen LogP) is 7.81. The third-order valence-corrected chi connectivity index (χ3v) is 8.21. The van der Waals surface area contributed by atoms with Crippen LogP contribution in [-0.2, 0) is 19.1 Å². The summed E-state index contributed by atoms with van der Waals surface area (Å²) in [5.74, 6) is 0.610. The van der Waals surface area contributed by atoms with Gasteiger partial charge in [-0.25, -0.2) is 0 Å². The molecule has 194 valence electrons. The fourth-order valence-corrected chi connectivity index (χ4v) is 6.73. The second-order valence-corrected chi connectivity index (χ2v) is 12.9. The molecule has 0 amide bonds. The van der Waals surface area contributed by atoms with Crippen molar-refractivity contribution in [3.63, 3.8) is 0 Å². The summed E-state index contributed by atoms with van der Waals surface area (Å²) in [6.07, 6.45) is 8.38. The standard InChI is InChI=1S/C30H50O4/c1-11-29(9,34-26(32)18-21(4)5)16-13-23-22(6)19-24(33-25(31)17-20(2)3)27-28(7,8)14-12-15-30(23,27)10/h11,20-21,24,27H,1,12-19H2,2-10H3/t24-,27+,29-,30-/m1/s1. The SMILES string of the molecule is C=C[C@](C)(CCC1=C(C)C[C@@H](OC(=O)CC(C)C)[C@H]2C(C)(C)CCC[C@]12C)OC(=O)CC(C)C. The molecule has 0 aromatic rings. The third kappa shape index (κ3) is 6.76. The van der Waals surface area contributed by atoms with E-state index in [4.69, 9.17) is 9.47 Å². The van der Waals surface area contributed by atoms with Crippen molar-refractivity contribution in [2.75, 3.05) is 0 Å². The van der Waals surface area contributed by atoms with Crippen molar-refractivity contribution in [1.29, 1.82) is 0 Å². The summed E-state index contributed by atoms with van der Waals surface area (Å²) >= 11 is 0. The smallest absolute Gasteiger partial charge is 0.306 e. The average molecular weight is 475 g/mol. The minimum Gasteiger partial charge on any atom is -0.462 e. The fourth-order valence-electron chi connectivity index (χ4n) is 6.73. The number of hydrogen-bond donors (Lipinski definition) is 0. The molecule has 0 aromatic heterocycles. The Bertz CT molecular complexity index is 790. The van der Waals surface area contributed by atoms with Gasteiger partial charge in [0.25, 0.3) is 0 Å². The number of allylic oxidation sites excluding steroid dienone is 1. The highest BCUT2D eigenvalue weighted by molar-refractivity contribution is 5.70. The molecule has 0 saturated heterocycles. The molecule has 34 heavy (non-hydrogen) atoms. The van der Waals surface area contributed by atoms with Crippen LogP contribution in [0.4, 0.5) is 0 Å². The molecule has 1 saturated carbocycles. The second-order valence-electron chi connectivity index (χ2n) is 12.9. The van der Waals surface area contributed by atoms with E-state index in [1.165, 1.54) is 17.6 Å². The summed E-state index contributed by atoms with van der Waals surface area (Å²) in [5.41, 5.74) is 2.17. The van der Waals surface area contributed by atoms with E-state index in [0.717, 1.165) is 25.7 Å². The number of carbonyl (C=O) groups is 2. The molecule has 2 aliphatic rings. The first-order valence-electron chi connectivity index (χ1n) is 13.4. The summed E-state index contributed by atoms with van der Waals surface area (Å²) in [7, 11) is 0. The van der Waals surface area contributed by atoms with E-state index in [1.807, 2.05) is 20.8 Å². The zero-order valence-corrected chi connectivity index (χ0v) is 23.4. The van der Waals surface area contributed by atoms with E-state index in [9.17, 15) is 9.59 Å². The summed E-state index contributed by atoms with van der Waals surface area (Å²) in [5, 5.41) is 0. The molecule has 2 rings (SSSR count). The van der Waals surface area contributed by atoms with Crippen molar-refractivity contribution >= 4 is 11.9 Å². The molecular formula is C30H50O4. The van der Waals surface area contributed by atoms with Crippen molar-refractivity contribution in [2.45, 2.75) is 125 Å². The molecule has 4 nitrogen and oxygen atoms in total. The van der Waals surface area contributed by atoms with Gasteiger partial charge < -0.3 is 9.47 Å². The lowest BCUT2D eigenvalue weighted by molar-refractivity contribution is -0.164. The van der Waals surface area contributed by atoms with Gasteiger partial charge in [0.15, 0.2) is 0 Å². The molecule has 0 bridgehead atoms. The van der Waals surface area contributed by atoms with E-state index < -0.39 is 5.60 Å². The van der Waals surface area contributed by atoms with Gasteiger partial charge >= 0.3 is 11.9 Å². The van der Waals surface area contributed by atoms with Crippen molar-refractivity contribution in [3.05, 3.63) is 23.8 Å². The largest absolute Gasteiger partial charge is 0.462 e. The molecule has 0 aliphatic heterocycles. The van der Waals surface area contributed by atoms with Gasteiger partial charge in [-0.1, -0.05) is 72.6 Å². The summed E-state index contributed by atoms with van der Waals surface area (Å²) < 4.78 is 12.1. The Morgan fingerprint density at radius 3 is 2.24 bits per heavy atom. The van der Waals surface area contributed by atoms with Gasteiger partial charge in [0.05, 0.1) is 0 Å². The van der Waals surface area contributed by atoms with Crippen LogP contribution in [0.25, 0.3) is 0 Å². The maximum Gasteiger partial charge on any atom is 0.306 e. The minimum absolute atomic E-state index is 0.0309. The van der Waals surface area contributed by atoms with Crippen LogP contribution in [0.3, 0.4) is 0 Å². The van der Waals surface area contributed by atoms with Crippen LogP contribution in [0, 0.1) is 28.6 Å². The molecule has 1 fully saturated rings. The van der Waals surface area contributed by atoms with E-state index in [1.54, 1.807) is 6.08 Å². The number of ether oxygens (including phenoxy) is 2.